The van der Waals surface area contributed by atoms with E-state index in [1.54, 1.807) is 0 Å². The Kier molecular flexibility index (Phi) is 7.24. The minimum absolute atomic E-state index is 0.0114. The average Bonchev–Trinajstić information content (AvgIpc) is 2.44. The minimum atomic E-state index is -2.91. The van der Waals surface area contributed by atoms with Crippen molar-refractivity contribution in [2.45, 2.75) is 25.5 Å². The fourth-order valence-electron chi connectivity index (χ4n) is 1.71. The molecule has 1 unspecified atom stereocenters. The Hall–Kier alpha value is -2.22. The topological polar surface area (TPSA) is 84.9 Å². The number of hydrogen-bond acceptors (Lipinski definition) is 4. The maximum atomic E-state index is 12.0. The Morgan fingerprint density at radius 2 is 1.91 bits per heavy atom. The molecule has 8 heteroatoms. The lowest BCUT2D eigenvalue weighted by molar-refractivity contribution is -0.142. The van der Waals surface area contributed by atoms with Gasteiger partial charge in [-0.1, -0.05) is 12.1 Å². The molecule has 0 aromatic heterocycles. The molecule has 0 aliphatic carbocycles. The molecule has 6 nitrogen and oxygen atoms in total. The highest BCUT2D eigenvalue weighted by Crippen LogP contribution is 2.15. The number of aliphatic carboxylic acids is 1. The highest BCUT2D eigenvalue weighted by Gasteiger charge is 2.19. The number of nitrogens with one attached hydrogen (secondary N) is 1. The number of carbonyl (C=O) groups is 2. The van der Waals surface area contributed by atoms with Gasteiger partial charge in [0.25, 0.3) is 0 Å². The fraction of sp³-hybridized carbons (Fsp3) is 0.429. The number of carboxylic acid groups (broad SMARTS) is 1. The van der Waals surface area contributed by atoms with Crippen molar-refractivity contribution in [2.24, 2.45) is 0 Å². The van der Waals surface area contributed by atoms with E-state index in [0.29, 0.717) is 5.56 Å². The highest BCUT2D eigenvalue weighted by molar-refractivity contribution is 5.84. The molecule has 0 fully saturated rings. The summed E-state index contributed by atoms with van der Waals surface area (Å²) < 4.78 is 33.0. The molecule has 0 bridgehead atoms. The second kappa shape index (κ2) is 8.93. The van der Waals surface area contributed by atoms with E-state index in [4.69, 9.17) is 9.84 Å². The van der Waals surface area contributed by atoms with Gasteiger partial charge in [-0.15, -0.1) is 0 Å². The van der Waals surface area contributed by atoms with Crippen LogP contribution in [-0.2, 0) is 20.7 Å². The molecule has 2 N–H and O–H groups in total. The van der Waals surface area contributed by atoms with Gasteiger partial charge in [0.15, 0.2) is 0 Å². The SMILES string of the molecule is COCCC(NC(=O)Cc1ccc(OC(F)F)cc1)C(=O)O. The summed E-state index contributed by atoms with van der Waals surface area (Å²) in [5, 5.41) is 11.4. The third-order valence-corrected chi connectivity index (χ3v) is 2.76. The molecule has 1 atom stereocenters. The number of methoxy groups -OCH3 is 1. The van der Waals surface area contributed by atoms with Crippen LogP contribution in [0.2, 0.25) is 0 Å². The Morgan fingerprint density at radius 1 is 1.27 bits per heavy atom. The van der Waals surface area contributed by atoms with Crippen LogP contribution >= 0.6 is 0 Å². The van der Waals surface area contributed by atoms with Gasteiger partial charge in [-0.25, -0.2) is 4.79 Å². The highest BCUT2D eigenvalue weighted by atomic mass is 19.3. The molecule has 0 heterocycles. The summed E-state index contributed by atoms with van der Waals surface area (Å²) in [6.07, 6.45) is 0.0878. The normalized spacial score (nSPS) is 12.0. The second-order valence-electron chi connectivity index (χ2n) is 4.44. The quantitative estimate of drug-likeness (QED) is 0.720. The summed E-state index contributed by atoms with van der Waals surface area (Å²) in [7, 11) is 1.43. The number of carboxylic acids is 1. The number of halogens is 2. The molecule has 0 aliphatic heterocycles. The predicted molar refractivity (Wildman–Crippen MR) is 72.8 cm³/mol. The first-order valence-corrected chi connectivity index (χ1v) is 6.47. The number of benzene rings is 1. The summed E-state index contributed by atoms with van der Waals surface area (Å²) in [5.41, 5.74) is 0.551. The zero-order chi connectivity index (χ0) is 16.5. The van der Waals surface area contributed by atoms with Crippen LogP contribution in [0.15, 0.2) is 24.3 Å². The van der Waals surface area contributed by atoms with E-state index >= 15 is 0 Å². The molecule has 1 aromatic carbocycles. The van der Waals surface area contributed by atoms with Gasteiger partial charge in [0.2, 0.25) is 5.91 Å². The average molecular weight is 317 g/mol. The Balaban J connectivity index is 2.54. The molecule has 1 rings (SSSR count). The third-order valence-electron chi connectivity index (χ3n) is 2.76. The van der Waals surface area contributed by atoms with Crippen molar-refractivity contribution < 1.29 is 33.0 Å². The molecular formula is C14H17F2NO5. The van der Waals surface area contributed by atoms with Crippen LogP contribution in [0.25, 0.3) is 0 Å². The molecule has 0 aliphatic rings. The van der Waals surface area contributed by atoms with Crippen molar-refractivity contribution in [3.05, 3.63) is 29.8 Å². The molecule has 0 spiro atoms. The van der Waals surface area contributed by atoms with Crippen molar-refractivity contribution in [1.82, 2.24) is 5.32 Å². The van der Waals surface area contributed by atoms with Gasteiger partial charge >= 0.3 is 12.6 Å². The van der Waals surface area contributed by atoms with E-state index < -0.39 is 24.5 Å². The molecule has 122 valence electrons. The minimum Gasteiger partial charge on any atom is -0.480 e. The number of amides is 1. The summed E-state index contributed by atoms with van der Waals surface area (Å²) in [4.78, 5) is 22.8. The van der Waals surface area contributed by atoms with Crippen LogP contribution in [0.3, 0.4) is 0 Å². The van der Waals surface area contributed by atoms with Crippen molar-refractivity contribution in [1.29, 1.82) is 0 Å². The lowest BCUT2D eigenvalue weighted by Gasteiger charge is -2.14. The standard InChI is InChI=1S/C14H17F2NO5/c1-21-7-6-11(13(19)20)17-12(18)8-9-2-4-10(5-3-9)22-14(15)16/h2-5,11,14H,6-8H2,1H3,(H,17,18)(H,19,20). The summed E-state index contributed by atoms with van der Waals surface area (Å²) in [6, 6.07) is 4.52. The second-order valence-corrected chi connectivity index (χ2v) is 4.44. The Morgan fingerprint density at radius 3 is 2.41 bits per heavy atom. The molecular weight excluding hydrogens is 300 g/mol. The van der Waals surface area contributed by atoms with Gasteiger partial charge in [0.1, 0.15) is 11.8 Å². The fourth-order valence-corrected chi connectivity index (χ4v) is 1.71. The first-order chi connectivity index (χ1) is 10.4. The van der Waals surface area contributed by atoms with Gasteiger partial charge in [-0.3, -0.25) is 4.79 Å². The summed E-state index contributed by atoms with van der Waals surface area (Å²) in [5.74, 6) is -1.64. The van der Waals surface area contributed by atoms with E-state index in [-0.39, 0.29) is 25.2 Å². The summed E-state index contributed by atoms with van der Waals surface area (Å²) >= 11 is 0. The number of hydrogen-bond donors (Lipinski definition) is 2. The zero-order valence-corrected chi connectivity index (χ0v) is 11.9. The molecule has 1 aromatic rings. The largest absolute Gasteiger partial charge is 0.480 e. The van der Waals surface area contributed by atoms with Crippen LogP contribution in [0.5, 0.6) is 5.75 Å². The number of rotatable bonds is 9. The first kappa shape index (κ1) is 17.8. The number of ether oxygens (including phenoxy) is 2. The molecule has 0 radical (unpaired) electrons. The monoisotopic (exact) mass is 317 g/mol. The Bertz CT molecular complexity index is 493. The smallest absolute Gasteiger partial charge is 0.387 e. The van der Waals surface area contributed by atoms with E-state index in [9.17, 15) is 18.4 Å². The van der Waals surface area contributed by atoms with E-state index in [1.807, 2.05) is 0 Å². The van der Waals surface area contributed by atoms with Gasteiger partial charge in [-0.05, 0) is 17.7 Å². The number of carbonyl (C=O) groups excluding carboxylic acids is 1. The van der Waals surface area contributed by atoms with Crippen LogP contribution in [0, 0.1) is 0 Å². The number of alkyl halides is 2. The zero-order valence-electron chi connectivity index (χ0n) is 11.9. The van der Waals surface area contributed by atoms with Crippen molar-refractivity contribution in [3.8, 4) is 5.75 Å². The van der Waals surface area contributed by atoms with Crippen LogP contribution in [0.1, 0.15) is 12.0 Å². The van der Waals surface area contributed by atoms with Crippen molar-refractivity contribution in [2.75, 3.05) is 13.7 Å². The molecule has 0 saturated carbocycles. The maximum Gasteiger partial charge on any atom is 0.387 e. The van der Waals surface area contributed by atoms with Gasteiger partial charge in [-0.2, -0.15) is 8.78 Å². The lowest BCUT2D eigenvalue weighted by Crippen LogP contribution is -2.42. The van der Waals surface area contributed by atoms with E-state index in [1.165, 1.54) is 31.4 Å². The first-order valence-electron chi connectivity index (χ1n) is 6.47. The predicted octanol–water partition coefficient (Wildman–Crippen LogP) is 1.44. The maximum absolute atomic E-state index is 12.0. The summed E-state index contributed by atoms with van der Waals surface area (Å²) in [6.45, 7) is -2.71. The lowest BCUT2D eigenvalue weighted by atomic mass is 10.1. The van der Waals surface area contributed by atoms with Gasteiger partial charge < -0.3 is 19.9 Å². The van der Waals surface area contributed by atoms with Crippen LogP contribution < -0.4 is 10.1 Å². The van der Waals surface area contributed by atoms with Gasteiger partial charge in [0, 0.05) is 20.1 Å². The van der Waals surface area contributed by atoms with Crippen molar-refractivity contribution >= 4 is 11.9 Å². The molecule has 1 amide bonds. The van der Waals surface area contributed by atoms with Crippen LogP contribution in [-0.4, -0.2) is 43.4 Å². The molecule has 22 heavy (non-hydrogen) atoms. The third kappa shape index (κ3) is 6.49. The molecule has 0 saturated heterocycles. The van der Waals surface area contributed by atoms with Gasteiger partial charge in [0.05, 0.1) is 6.42 Å². The Labute approximate surface area is 126 Å². The van der Waals surface area contributed by atoms with E-state index in [2.05, 4.69) is 10.1 Å². The van der Waals surface area contributed by atoms with Crippen LogP contribution in [0.4, 0.5) is 8.78 Å². The van der Waals surface area contributed by atoms with Crippen molar-refractivity contribution in [3.63, 3.8) is 0 Å². The van der Waals surface area contributed by atoms with E-state index in [0.717, 1.165) is 0 Å².